The Morgan fingerprint density at radius 3 is 2.32 bits per heavy atom. The molecule has 6 nitrogen and oxygen atoms in total. The van der Waals surface area contributed by atoms with Crippen LogP contribution in [0.3, 0.4) is 0 Å². The monoisotopic (exact) mass is 367 g/mol. The molecule has 138 valence electrons. The van der Waals surface area contributed by atoms with Crippen LogP contribution in [-0.2, 0) is 20.1 Å². The van der Waals surface area contributed by atoms with Crippen LogP contribution in [-0.4, -0.2) is 31.1 Å². The van der Waals surface area contributed by atoms with Gasteiger partial charge in [0.1, 0.15) is 5.15 Å². The summed E-state index contributed by atoms with van der Waals surface area (Å²) in [5, 5.41) is 8.58. The van der Waals surface area contributed by atoms with Crippen molar-refractivity contribution in [1.29, 1.82) is 0 Å². The van der Waals surface area contributed by atoms with Crippen LogP contribution in [0.5, 0.6) is 17.2 Å². The average molecular weight is 368 g/mol. The summed E-state index contributed by atoms with van der Waals surface area (Å²) >= 11 is 6.38. The topological polar surface area (TPSA) is 57.5 Å². The van der Waals surface area contributed by atoms with E-state index in [2.05, 4.69) is 24.3 Å². The number of aryl methyl sites for hydroxylation is 1. The van der Waals surface area contributed by atoms with E-state index in [4.69, 9.17) is 25.8 Å². The zero-order chi connectivity index (χ0) is 18.6. The second-order valence-electron chi connectivity index (χ2n) is 6.03. The number of hydrogen-bond acceptors (Lipinski definition) is 5. The molecule has 1 aromatic heterocycles. The maximum Gasteiger partial charge on any atom is 0.203 e. The fourth-order valence-corrected chi connectivity index (χ4v) is 3.02. The molecular weight excluding hydrogens is 342 g/mol. The third-order valence-corrected chi connectivity index (χ3v) is 4.52. The average Bonchev–Trinajstić information content (AvgIpc) is 2.89. The van der Waals surface area contributed by atoms with Gasteiger partial charge in [-0.2, -0.15) is 5.10 Å². The second-order valence-corrected chi connectivity index (χ2v) is 6.39. The van der Waals surface area contributed by atoms with E-state index < -0.39 is 0 Å². The van der Waals surface area contributed by atoms with Gasteiger partial charge in [0, 0.05) is 31.3 Å². The van der Waals surface area contributed by atoms with Gasteiger partial charge in [-0.25, -0.2) is 0 Å². The van der Waals surface area contributed by atoms with Gasteiger partial charge in [-0.15, -0.1) is 0 Å². The third-order valence-electron chi connectivity index (χ3n) is 4.05. The van der Waals surface area contributed by atoms with Crippen molar-refractivity contribution in [2.45, 2.75) is 32.9 Å². The molecule has 0 amide bonds. The molecule has 1 N–H and O–H groups in total. The summed E-state index contributed by atoms with van der Waals surface area (Å²) < 4.78 is 18.0. The summed E-state index contributed by atoms with van der Waals surface area (Å²) in [6.07, 6.45) is 0. The Hall–Kier alpha value is -1.92. The number of aromatic nitrogens is 2. The van der Waals surface area contributed by atoms with E-state index >= 15 is 0 Å². The van der Waals surface area contributed by atoms with E-state index in [-0.39, 0.29) is 0 Å². The number of nitrogens with zero attached hydrogens (tertiary/aromatic N) is 2. The Morgan fingerprint density at radius 2 is 1.76 bits per heavy atom. The predicted octanol–water partition coefficient (Wildman–Crippen LogP) is 3.51. The predicted molar refractivity (Wildman–Crippen MR) is 98.9 cm³/mol. The van der Waals surface area contributed by atoms with Crippen LogP contribution < -0.4 is 19.5 Å². The van der Waals surface area contributed by atoms with Crippen molar-refractivity contribution in [3.8, 4) is 17.2 Å². The molecular formula is C18H26ClN3O3. The molecule has 0 aliphatic rings. The van der Waals surface area contributed by atoms with Crippen LogP contribution in [0.25, 0.3) is 0 Å². The van der Waals surface area contributed by atoms with E-state index in [9.17, 15) is 0 Å². The van der Waals surface area contributed by atoms with Crippen LogP contribution >= 0.6 is 11.6 Å². The molecule has 0 bridgehead atoms. The van der Waals surface area contributed by atoms with Gasteiger partial charge in [0.25, 0.3) is 0 Å². The number of methoxy groups -OCH3 is 3. The Balaban J connectivity index is 2.18. The smallest absolute Gasteiger partial charge is 0.203 e. The summed E-state index contributed by atoms with van der Waals surface area (Å²) in [5.41, 5.74) is 3.02. The molecule has 1 heterocycles. The molecule has 0 unspecified atom stereocenters. The van der Waals surface area contributed by atoms with Crippen LogP contribution in [0.2, 0.25) is 5.15 Å². The molecule has 0 atom stereocenters. The van der Waals surface area contributed by atoms with Gasteiger partial charge in [0.15, 0.2) is 11.5 Å². The molecule has 0 aliphatic heterocycles. The number of halogens is 1. The number of rotatable bonds is 8. The van der Waals surface area contributed by atoms with Gasteiger partial charge in [-0.05, 0) is 12.0 Å². The summed E-state index contributed by atoms with van der Waals surface area (Å²) in [6, 6.07) is 3.83. The first-order valence-electron chi connectivity index (χ1n) is 8.14. The van der Waals surface area contributed by atoms with E-state index in [1.54, 1.807) is 26.0 Å². The lowest BCUT2D eigenvalue weighted by atomic mass is 10.1. The molecule has 0 fully saturated rings. The van der Waals surface area contributed by atoms with E-state index in [0.29, 0.717) is 41.4 Å². The van der Waals surface area contributed by atoms with Crippen molar-refractivity contribution < 1.29 is 14.2 Å². The van der Waals surface area contributed by atoms with Gasteiger partial charge in [-0.1, -0.05) is 31.5 Å². The van der Waals surface area contributed by atoms with Crippen molar-refractivity contribution >= 4 is 11.6 Å². The highest BCUT2D eigenvalue weighted by molar-refractivity contribution is 6.30. The van der Waals surface area contributed by atoms with Gasteiger partial charge in [0.05, 0.1) is 27.0 Å². The number of ether oxygens (including phenoxy) is 3. The highest BCUT2D eigenvalue weighted by Gasteiger charge is 2.18. The fraction of sp³-hybridized carbons (Fsp3) is 0.500. The van der Waals surface area contributed by atoms with Gasteiger partial charge in [-0.3, -0.25) is 4.68 Å². The molecule has 1 aromatic carbocycles. The maximum atomic E-state index is 6.38. The van der Waals surface area contributed by atoms with Crippen molar-refractivity contribution in [1.82, 2.24) is 15.1 Å². The zero-order valence-electron chi connectivity index (χ0n) is 15.6. The minimum absolute atomic E-state index is 0.311. The number of nitrogens with one attached hydrogen (secondary N) is 1. The first kappa shape index (κ1) is 19.4. The molecule has 2 aromatic rings. The van der Waals surface area contributed by atoms with Crippen LogP contribution in [0.15, 0.2) is 12.1 Å². The fourth-order valence-electron chi connectivity index (χ4n) is 2.82. The third kappa shape index (κ3) is 4.02. The lowest BCUT2D eigenvalue weighted by Gasteiger charge is -2.16. The van der Waals surface area contributed by atoms with Gasteiger partial charge in [0.2, 0.25) is 5.75 Å². The van der Waals surface area contributed by atoms with Crippen LogP contribution in [0.1, 0.15) is 36.6 Å². The minimum atomic E-state index is 0.311. The second kappa shape index (κ2) is 8.45. The van der Waals surface area contributed by atoms with Gasteiger partial charge < -0.3 is 19.5 Å². The van der Waals surface area contributed by atoms with Crippen molar-refractivity contribution in [2.24, 2.45) is 7.05 Å². The Kier molecular flexibility index (Phi) is 6.56. The standard InChI is InChI=1S/C18H26ClN3O3/c1-11(2)15-13(18(19)22(3)21-15)10-20-9-12-7-8-14(23-4)17(25-6)16(12)24-5/h7-8,11,20H,9-10H2,1-6H3. The number of benzene rings is 1. The molecule has 2 rings (SSSR count). The summed E-state index contributed by atoms with van der Waals surface area (Å²) in [5.74, 6) is 2.20. The molecule has 7 heteroatoms. The van der Waals surface area contributed by atoms with Crippen LogP contribution in [0.4, 0.5) is 0 Å². The Morgan fingerprint density at radius 1 is 1.08 bits per heavy atom. The Bertz CT molecular complexity index is 729. The lowest BCUT2D eigenvalue weighted by molar-refractivity contribution is 0.321. The van der Waals surface area contributed by atoms with Gasteiger partial charge >= 0.3 is 0 Å². The molecule has 0 aliphatic carbocycles. The molecule has 0 spiro atoms. The molecule has 0 radical (unpaired) electrons. The van der Waals surface area contributed by atoms with Crippen molar-refractivity contribution in [2.75, 3.05) is 21.3 Å². The van der Waals surface area contributed by atoms with E-state index in [1.807, 2.05) is 19.2 Å². The van der Waals surface area contributed by atoms with Crippen LogP contribution in [0, 0.1) is 0 Å². The molecule has 0 saturated carbocycles. The number of hydrogen-bond donors (Lipinski definition) is 1. The summed E-state index contributed by atoms with van der Waals surface area (Å²) in [6.45, 7) is 5.45. The first-order chi connectivity index (χ1) is 11.9. The first-order valence-corrected chi connectivity index (χ1v) is 8.52. The summed E-state index contributed by atoms with van der Waals surface area (Å²) in [7, 11) is 6.68. The SMILES string of the molecule is COc1ccc(CNCc2c(C(C)C)nn(C)c2Cl)c(OC)c1OC. The normalized spacial score (nSPS) is 11.0. The molecule has 25 heavy (non-hydrogen) atoms. The molecule has 0 saturated heterocycles. The minimum Gasteiger partial charge on any atom is -0.493 e. The lowest BCUT2D eigenvalue weighted by Crippen LogP contribution is -2.15. The quantitative estimate of drug-likeness (QED) is 0.773. The van der Waals surface area contributed by atoms with Crippen molar-refractivity contribution in [3.05, 3.63) is 34.1 Å². The largest absolute Gasteiger partial charge is 0.493 e. The maximum absolute atomic E-state index is 6.38. The Labute approximate surface area is 154 Å². The van der Waals surface area contributed by atoms with Crippen molar-refractivity contribution in [3.63, 3.8) is 0 Å². The van der Waals surface area contributed by atoms with E-state index in [0.717, 1.165) is 16.8 Å². The van der Waals surface area contributed by atoms with E-state index in [1.165, 1.54) is 0 Å². The highest BCUT2D eigenvalue weighted by Crippen LogP contribution is 2.39. The zero-order valence-corrected chi connectivity index (χ0v) is 16.4. The summed E-state index contributed by atoms with van der Waals surface area (Å²) in [4.78, 5) is 0. The highest BCUT2D eigenvalue weighted by atomic mass is 35.5.